The van der Waals surface area contributed by atoms with E-state index < -0.39 is 26.0 Å². The second-order valence-electron chi connectivity index (χ2n) is 2.56. The van der Waals surface area contributed by atoms with E-state index in [0.29, 0.717) is 0 Å². The molecule has 3 N–H and O–H groups in total. The predicted molar refractivity (Wildman–Crippen MR) is 50.7 cm³/mol. The Labute approximate surface area is 82.0 Å². The summed E-state index contributed by atoms with van der Waals surface area (Å²) in [6.45, 7) is 1.41. The molecule has 0 atom stereocenters. The van der Waals surface area contributed by atoms with Gasteiger partial charge in [-0.05, 0) is 6.92 Å². The Morgan fingerprint density at radius 3 is 2.36 bits per heavy atom. The van der Waals surface area contributed by atoms with Crippen LogP contribution in [0.3, 0.4) is 0 Å². The number of likely N-dealkylation sites (N-methyl/N-ethyl adjacent to an activating group) is 1. The van der Waals surface area contributed by atoms with Crippen LogP contribution in [0.2, 0.25) is 0 Å². The fourth-order valence-electron chi connectivity index (χ4n) is 0.648. The molecule has 0 aromatic rings. The fourth-order valence-corrected chi connectivity index (χ4v) is 1.43. The standard InChI is InChI=1S/C7H14NO5P/c1-6(3-7(11)8-2)13-14(12,4-9)5-10/h3,9-10H,4-5H2,1-2H3,(H,8,11). The molecule has 0 saturated heterocycles. The number of hydrogen-bond donors (Lipinski definition) is 3. The molecule has 0 radical (unpaired) electrons. The third-order valence-electron chi connectivity index (χ3n) is 1.32. The highest BCUT2D eigenvalue weighted by Gasteiger charge is 2.22. The van der Waals surface area contributed by atoms with Gasteiger partial charge in [0, 0.05) is 13.1 Å². The number of amides is 1. The van der Waals surface area contributed by atoms with E-state index in [4.69, 9.17) is 14.7 Å². The van der Waals surface area contributed by atoms with Crippen molar-refractivity contribution in [3.63, 3.8) is 0 Å². The van der Waals surface area contributed by atoms with Crippen molar-refractivity contribution < 1.29 is 24.1 Å². The molecule has 0 aromatic heterocycles. The minimum absolute atomic E-state index is 0.0794. The highest BCUT2D eigenvalue weighted by atomic mass is 31.2. The first-order valence-corrected chi connectivity index (χ1v) is 5.86. The molecule has 0 unspecified atom stereocenters. The number of carbonyl (C=O) groups excluding carboxylic acids is 1. The maximum Gasteiger partial charge on any atom is 0.296 e. The van der Waals surface area contributed by atoms with Crippen LogP contribution in [0.1, 0.15) is 6.92 Å². The lowest BCUT2D eigenvalue weighted by Crippen LogP contribution is -2.15. The summed E-state index contributed by atoms with van der Waals surface area (Å²) >= 11 is 0. The van der Waals surface area contributed by atoms with E-state index >= 15 is 0 Å². The number of aliphatic hydroxyl groups is 2. The number of aliphatic hydroxyl groups excluding tert-OH is 2. The first kappa shape index (κ1) is 13.2. The van der Waals surface area contributed by atoms with Crippen molar-refractivity contribution in [3.05, 3.63) is 11.8 Å². The molecule has 82 valence electrons. The molecule has 6 nitrogen and oxygen atoms in total. The number of nitrogens with one attached hydrogen (secondary N) is 1. The third-order valence-corrected chi connectivity index (χ3v) is 2.80. The normalized spacial score (nSPS) is 12.4. The van der Waals surface area contributed by atoms with Crippen LogP contribution < -0.4 is 5.32 Å². The highest BCUT2D eigenvalue weighted by Crippen LogP contribution is 2.46. The van der Waals surface area contributed by atoms with Gasteiger partial charge in [-0.25, -0.2) is 0 Å². The van der Waals surface area contributed by atoms with Crippen LogP contribution in [-0.2, 0) is 13.9 Å². The van der Waals surface area contributed by atoms with Crippen molar-refractivity contribution in [2.75, 3.05) is 19.7 Å². The second-order valence-corrected chi connectivity index (χ2v) is 4.94. The van der Waals surface area contributed by atoms with Gasteiger partial charge in [-0.2, -0.15) is 0 Å². The van der Waals surface area contributed by atoms with Gasteiger partial charge in [0.15, 0.2) is 0 Å². The maximum atomic E-state index is 11.3. The fraction of sp³-hybridized carbons (Fsp3) is 0.571. The summed E-state index contributed by atoms with van der Waals surface area (Å²) in [7, 11) is -2.01. The Hall–Kier alpha value is -0.840. The summed E-state index contributed by atoms with van der Waals surface area (Å²) in [5.74, 6) is -0.333. The van der Waals surface area contributed by atoms with Crippen molar-refractivity contribution in [1.29, 1.82) is 0 Å². The van der Waals surface area contributed by atoms with E-state index in [0.717, 1.165) is 6.08 Å². The molecule has 0 aliphatic carbocycles. The van der Waals surface area contributed by atoms with Gasteiger partial charge in [0.05, 0.1) is 0 Å². The van der Waals surface area contributed by atoms with Crippen molar-refractivity contribution in [1.82, 2.24) is 5.32 Å². The van der Waals surface area contributed by atoms with Crippen LogP contribution in [0, 0.1) is 0 Å². The summed E-state index contributed by atoms with van der Waals surface area (Å²) in [6.07, 6.45) is -0.442. The van der Waals surface area contributed by atoms with E-state index in [1.807, 2.05) is 0 Å². The molecule has 0 aromatic carbocycles. The Morgan fingerprint density at radius 1 is 1.50 bits per heavy atom. The number of carbonyl (C=O) groups is 1. The molecule has 0 fully saturated rings. The van der Waals surface area contributed by atoms with E-state index in [2.05, 4.69) is 5.32 Å². The molecule has 0 aliphatic rings. The van der Waals surface area contributed by atoms with Crippen LogP contribution >= 0.6 is 7.37 Å². The molecular formula is C7H14NO5P. The molecular weight excluding hydrogens is 209 g/mol. The van der Waals surface area contributed by atoms with Gasteiger partial charge < -0.3 is 20.1 Å². The Kier molecular flexibility index (Phi) is 5.45. The minimum Gasteiger partial charge on any atom is -0.445 e. The van der Waals surface area contributed by atoms with Crippen molar-refractivity contribution in [2.45, 2.75) is 6.92 Å². The van der Waals surface area contributed by atoms with E-state index in [9.17, 15) is 9.36 Å². The summed E-state index contributed by atoms with van der Waals surface area (Å²) in [5, 5.41) is 19.6. The summed E-state index contributed by atoms with van der Waals surface area (Å²) in [4.78, 5) is 10.8. The number of hydrogen-bond acceptors (Lipinski definition) is 5. The van der Waals surface area contributed by atoms with Gasteiger partial charge in [0.1, 0.15) is 18.5 Å². The Bertz CT molecular complexity index is 267. The van der Waals surface area contributed by atoms with Crippen molar-refractivity contribution >= 4 is 13.3 Å². The van der Waals surface area contributed by atoms with Crippen LogP contribution in [0.15, 0.2) is 11.8 Å². The topological polar surface area (TPSA) is 95.9 Å². The van der Waals surface area contributed by atoms with Gasteiger partial charge in [0.25, 0.3) is 7.37 Å². The molecule has 0 aliphatic heterocycles. The molecule has 0 heterocycles. The molecule has 0 rings (SSSR count). The van der Waals surface area contributed by atoms with Crippen LogP contribution in [0.5, 0.6) is 0 Å². The molecule has 14 heavy (non-hydrogen) atoms. The minimum atomic E-state index is -3.44. The quantitative estimate of drug-likeness (QED) is 0.341. The zero-order chi connectivity index (χ0) is 11.2. The molecule has 0 bridgehead atoms. The maximum absolute atomic E-state index is 11.3. The smallest absolute Gasteiger partial charge is 0.296 e. The lowest BCUT2D eigenvalue weighted by atomic mass is 10.5. The summed E-state index contributed by atoms with van der Waals surface area (Å²) in [6, 6.07) is 0. The SMILES string of the molecule is CNC(=O)C=C(C)OP(=O)(CO)CO. The number of allylic oxidation sites excluding steroid dienone is 1. The summed E-state index contributed by atoms with van der Waals surface area (Å²) in [5.41, 5.74) is 0. The Balaban J connectivity index is 4.44. The van der Waals surface area contributed by atoms with Crippen molar-refractivity contribution in [2.24, 2.45) is 0 Å². The van der Waals surface area contributed by atoms with Gasteiger partial charge in [-0.15, -0.1) is 0 Å². The zero-order valence-corrected chi connectivity index (χ0v) is 8.95. The van der Waals surface area contributed by atoms with Crippen LogP contribution in [0.4, 0.5) is 0 Å². The van der Waals surface area contributed by atoms with E-state index in [1.54, 1.807) is 0 Å². The average molecular weight is 223 g/mol. The first-order chi connectivity index (χ1) is 6.47. The van der Waals surface area contributed by atoms with Gasteiger partial charge >= 0.3 is 0 Å². The molecule has 0 spiro atoms. The van der Waals surface area contributed by atoms with Gasteiger partial charge in [0.2, 0.25) is 5.91 Å². The van der Waals surface area contributed by atoms with E-state index in [-0.39, 0.29) is 5.76 Å². The van der Waals surface area contributed by atoms with Gasteiger partial charge in [-0.3, -0.25) is 9.36 Å². The number of rotatable bonds is 5. The third kappa shape index (κ3) is 4.41. The largest absolute Gasteiger partial charge is 0.445 e. The lowest BCUT2D eigenvalue weighted by molar-refractivity contribution is -0.116. The van der Waals surface area contributed by atoms with Crippen LogP contribution in [-0.4, -0.2) is 35.9 Å². The van der Waals surface area contributed by atoms with E-state index in [1.165, 1.54) is 14.0 Å². The van der Waals surface area contributed by atoms with Gasteiger partial charge in [-0.1, -0.05) is 0 Å². The second kappa shape index (κ2) is 5.80. The van der Waals surface area contributed by atoms with Crippen LogP contribution in [0.25, 0.3) is 0 Å². The average Bonchev–Trinajstić information content (AvgIpc) is 2.17. The lowest BCUT2D eigenvalue weighted by Gasteiger charge is -2.14. The summed E-state index contributed by atoms with van der Waals surface area (Å²) < 4.78 is 16.1. The zero-order valence-electron chi connectivity index (χ0n) is 8.06. The predicted octanol–water partition coefficient (Wildman–Crippen LogP) is -0.170. The Morgan fingerprint density at radius 2 is 2.00 bits per heavy atom. The molecule has 7 heteroatoms. The molecule has 0 saturated carbocycles. The first-order valence-electron chi connectivity index (χ1n) is 3.87. The molecule has 1 amide bonds. The van der Waals surface area contributed by atoms with Crippen molar-refractivity contribution in [3.8, 4) is 0 Å². The highest BCUT2D eigenvalue weighted by molar-refractivity contribution is 7.58. The monoisotopic (exact) mass is 223 g/mol.